The average Bonchev–Trinajstić information content (AvgIpc) is 3.23. The van der Waals surface area contributed by atoms with Gasteiger partial charge in [0.1, 0.15) is 11.0 Å². The van der Waals surface area contributed by atoms with Crippen LogP contribution in [0, 0.1) is 11.8 Å². The summed E-state index contributed by atoms with van der Waals surface area (Å²) >= 11 is 1.58. The van der Waals surface area contributed by atoms with Crippen LogP contribution in [0.3, 0.4) is 0 Å². The smallest absolute Gasteiger partial charge is 0.249 e. The molecule has 3 heterocycles. The van der Waals surface area contributed by atoms with Gasteiger partial charge in [0, 0.05) is 55.7 Å². The lowest BCUT2D eigenvalue weighted by molar-refractivity contribution is 0.0357. The van der Waals surface area contributed by atoms with Gasteiger partial charge in [-0.25, -0.2) is 9.97 Å². The molecular weight excluding hydrogens is 396 g/mol. The van der Waals surface area contributed by atoms with Crippen molar-refractivity contribution in [1.29, 1.82) is 0 Å². The number of aromatic nitrogens is 2. The van der Waals surface area contributed by atoms with Gasteiger partial charge in [0.25, 0.3) is 0 Å². The van der Waals surface area contributed by atoms with Gasteiger partial charge >= 0.3 is 0 Å². The highest BCUT2D eigenvalue weighted by molar-refractivity contribution is 7.09. The van der Waals surface area contributed by atoms with Crippen LogP contribution in [0.2, 0.25) is 0 Å². The molecule has 0 aliphatic carbocycles. The summed E-state index contributed by atoms with van der Waals surface area (Å²) < 4.78 is 11.4. The Morgan fingerprint density at radius 2 is 1.80 bits per heavy atom. The number of hydrogen-bond donors (Lipinski definition) is 0. The van der Waals surface area contributed by atoms with E-state index < -0.39 is 0 Å². The van der Waals surface area contributed by atoms with Gasteiger partial charge in [-0.3, -0.25) is 4.90 Å². The van der Waals surface area contributed by atoms with Crippen molar-refractivity contribution in [1.82, 2.24) is 14.9 Å². The second kappa shape index (κ2) is 9.90. The first kappa shape index (κ1) is 20.6. The molecular formula is C23H26N4O2S. The zero-order chi connectivity index (χ0) is 20.8. The van der Waals surface area contributed by atoms with Crippen LogP contribution in [0.4, 0.5) is 5.69 Å². The van der Waals surface area contributed by atoms with Crippen LogP contribution in [0.1, 0.15) is 17.7 Å². The molecule has 0 unspecified atom stereocenters. The van der Waals surface area contributed by atoms with Crippen molar-refractivity contribution in [3.05, 3.63) is 46.3 Å². The molecule has 0 spiro atoms. The average molecular weight is 423 g/mol. The quantitative estimate of drug-likeness (QED) is 0.449. The largest absolute Gasteiger partial charge is 0.476 e. The number of benzene rings is 1. The summed E-state index contributed by atoms with van der Waals surface area (Å²) in [5.74, 6) is 6.88. The van der Waals surface area contributed by atoms with Gasteiger partial charge in [-0.1, -0.05) is 5.92 Å². The van der Waals surface area contributed by atoms with Gasteiger partial charge in [-0.15, -0.1) is 11.3 Å². The molecule has 6 nitrogen and oxygen atoms in total. The standard InChI is InChI=1S/C23H26N4O2S/c1-26(2)19-7-4-18(5-8-19)6-9-20-23(25-22-17-30-16-21(22)24-20)29-13-3-10-27-11-14-28-15-12-27/h4-5,7-8,16-17H,3,10-15H2,1-2H3. The van der Waals surface area contributed by atoms with Crippen molar-refractivity contribution in [2.75, 3.05) is 58.5 Å². The van der Waals surface area contributed by atoms with Crippen LogP contribution < -0.4 is 9.64 Å². The molecule has 0 bridgehead atoms. The van der Waals surface area contributed by atoms with Crippen LogP contribution in [0.15, 0.2) is 35.0 Å². The van der Waals surface area contributed by atoms with Gasteiger partial charge in [-0.05, 0) is 36.6 Å². The second-order valence-corrected chi connectivity index (χ2v) is 8.11. The summed E-state index contributed by atoms with van der Waals surface area (Å²) in [4.78, 5) is 13.8. The SMILES string of the molecule is CN(C)c1ccc(C#Cc2nc3cscc3nc2OCCCN2CCOCC2)cc1. The molecule has 1 aromatic carbocycles. The van der Waals surface area contributed by atoms with Crippen molar-refractivity contribution < 1.29 is 9.47 Å². The van der Waals surface area contributed by atoms with Crippen LogP contribution in [0.25, 0.3) is 11.0 Å². The summed E-state index contributed by atoms with van der Waals surface area (Å²) in [5.41, 5.74) is 4.37. The molecule has 0 amide bonds. The highest BCUT2D eigenvalue weighted by Crippen LogP contribution is 2.22. The molecule has 30 heavy (non-hydrogen) atoms. The fraction of sp³-hybridized carbons (Fsp3) is 0.391. The maximum atomic E-state index is 6.01. The molecule has 1 aliphatic heterocycles. The number of rotatable bonds is 6. The van der Waals surface area contributed by atoms with Crippen molar-refractivity contribution in [3.8, 4) is 17.7 Å². The summed E-state index contributed by atoms with van der Waals surface area (Å²) in [6.45, 7) is 5.20. The van der Waals surface area contributed by atoms with Gasteiger partial charge < -0.3 is 14.4 Å². The number of ether oxygens (including phenoxy) is 2. The van der Waals surface area contributed by atoms with E-state index in [0.717, 1.165) is 61.6 Å². The molecule has 3 aromatic rings. The Bertz CT molecular complexity index is 1030. The molecule has 1 fully saturated rings. The number of anilines is 1. The normalized spacial score (nSPS) is 14.3. The molecule has 0 saturated carbocycles. The Hall–Kier alpha value is -2.66. The summed E-state index contributed by atoms with van der Waals surface area (Å²) in [6.07, 6.45) is 0.933. The van der Waals surface area contributed by atoms with E-state index in [-0.39, 0.29) is 0 Å². The first-order chi connectivity index (χ1) is 14.7. The van der Waals surface area contributed by atoms with Gasteiger partial charge in [0.2, 0.25) is 5.88 Å². The third-order valence-electron chi connectivity index (χ3n) is 4.95. The van der Waals surface area contributed by atoms with Crippen molar-refractivity contribution in [2.45, 2.75) is 6.42 Å². The molecule has 7 heteroatoms. The molecule has 0 N–H and O–H groups in total. The summed E-state index contributed by atoms with van der Waals surface area (Å²) in [7, 11) is 4.05. The van der Waals surface area contributed by atoms with Gasteiger partial charge in [0.15, 0.2) is 5.69 Å². The van der Waals surface area contributed by atoms with Crippen LogP contribution in [0.5, 0.6) is 5.88 Å². The Balaban J connectivity index is 1.46. The lowest BCUT2D eigenvalue weighted by Gasteiger charge is -2.26. The Morgan fingerprint density at radius 1 is 1.07 bits per heavy atom. The fourth-order valence-corrected chi connectivity index (χ4v) is 3.89. The highest BCUT2D eigenvalue weighted by Gasteiger charge is 2.12. The number of nitrogens with zero attached hydrogens (tertiary/aromatic N) is 4. The Morgan fingerprint density at radius 3 is 2.53 bits per heavy atom. The lowest BCUT2D eigenvalue weighted by atomic mass is 10.2. The Kier molecular flexibility index (Phi) is 6.80. The number of hydrogen-bond acceptors (Lipinski definition) is 7. The maximum Gasteiger partial charge on any atom is 0.249 e. The van der Waals surface area contributed by atoms with Gasteiger partial charge in [0.05, 0.1) is 19.8 Å². The fourth-order valence-electron chi connectivity index (χ4n) is 3.22. The third-order valence-corrected chi connectivity index (χ3v) is 5.67. The molecule has 2 aromatic heterocycles. The molecule has 4 rings (SSSR count). The zero-order valence-electron chi connectivity index (χ0n) is 17.4. The lowest BCUT2D eigenvalue weighted by Crippen LogP contribution is -2.37. The molecule has 1 saturated heterocycles. The predicted molar refractivity (Wildman–Crippen MR) is 122 cm³/mol. The molecule has 0 atom stereocenters. The summed E-state index contributed by atoms with van der Waals surface area (Å²) in [5, 5.41) is 3.97. The van der Waals surface area contributed by atoms with E-state index in [9.17, 15) is 0 Å². The van der Waals surface area contributed by atoms with Crippen molar-refractivity contribution in [3.63, 3.8) is 0 Å². The van der Waals surface area contributed by atoms with E-state index in [1.54, 1.807) is 11.3 Å². The predicted octanol–water partition coefficient (Wildman–Crippen LogP) is 3.26. The molecule has 1 aliphatic rings. The van der Waals surface area contributed by atoms with Crippen LogP contribution in [-0.4, -0.2) is 68.4 Å². The van der Waals surface area contributed by atoms with Crippen molar-refractivity contribution in [2.24, 2.45) is 0 Å². The van der Waals surface area contributed by atoms with Crippen LogP contribution in [-0.2, 0) is 4.74 Å². The number of thiophene rings is 1. The van der Waals surface area contributed by atoms with Crippen LogP contribution >= 0.6 is 11.3 Å². The third kappa shape index (κ3) is 5.28. The van der Waals surface area contributed by atoms with E-state index in [2.05, 4.69) is 43.7 Å². The maximum absolute atomic E-state index is 6.01. The topological polar surface area (TPSA) is 50.7 Å². The van der Waals surface area contributed by atoms with E-state index in [1.165, 1.54) is 0 Å². The van der Waals surface area contributed by atoms with Gasteiger partial charge in [-0.2, -0.15) is 0 Å². The van der Waals surface area contributed by atoms with E-state index >= 15 is 0 Å². The number of fused-ring (bicyclic) bond motifs is 1. The van der Waals surface area contributed by atoms with E-state index in [0.29, 0.717) is 18.2 Å². The first-order valence-electron chi connectivity index (χ1n) is 10.2. The first-order valence-corrected chi connectivity index (χ1v) is 11.1. The number of morpholine rings is 1. The zero-order valence-corrected chi connectivity index (χ0v) is 18.2. The van der Waals surface area contributed by atoms with E-state index in [4.69, 9.17) is 9.47 Å². The minimum absolute atomic E-state index is 0.514. The minimum atomic E-state index is 0.514. The second-order valence-electron chi connectivity index (χ2n) is 7.37. The van der Waals surface area contributed by atoms with E-state index in [1.807, 2.05) is 37.0 Å². The monoisotopic (exact) mass is 422 g/mol. The minimum Gasteiger partial charge on any atom is -0.476 e. The Labute approximate surface area is 181 Å². The molecule has 0 radical (unpaired) electrons. The molecule has 156 valence electrons. The highest BCUT2D eigenvalue weighted by atomic mass is 32.1. The van der Waals surface area contributed by atoms with Crippen molar-refractivity contribution >= 4 is 28.1 Å². The summed E-state index contributed by atoms with van der Waals surface area (Å²) in [6, 6.07) is 8.14.